The zero-order valence-corrected chi connectivity index (χ0v) is 12.1. The lowest BCUT2D eigenvalue weighted by Crippen LogP contribution is -2.07. The highest BCUT2D eigenvalue weighted by molar-refractivity contribution is 6.30. The summed E-state index contributed by atoms with van der Waals surface area (Å²) < 4.78 is 6.39. The van der Waals surface area contributed by atoms with Crippen LogP contribution in [0.4, 0.5) is 0 Å². The van der Waals surface area contributed by atoms with Gasteiger partial charge in [-0.1, -0.05) is 11.6 Å². The van der Waals surface area contributed by atoms with Crippen LogP contribution in [0.1, 0.15) is 28.5 Å². The first-order valence-corrected chi connectivity index (χ1v) is 6.77. The van der Waals surface area contributed by atoms with Gasteiger partial charge >= 0.3 is 5.97 Å². The number of ether oxygens (including phenoxy) is 1. The van der Waals surface area contributed by atoms with E-state index in [1.54, 1.807) is 6.92 Å². The number of aryl methyl sites for hydroxylation is 1. The molecule has 2 rings (SSSR count). The maximum atomic E-state index is 11.8. The molecule has 0 bridgehead atoms. The normalized spacial score (nSPS) is 10.9. The lowest BCUT2D eigenvalue weighted by molar-refractivity contribution is 0.0528. The van der Waals surface area contributed by atoms with Crippen molar-refractivity contribution in [3.8, 4) is 0 Å². The predicted molar refractivity (Wildman–Crippen MR) is 73.1 cm³/mol. The van der Waals surface area contributed by atoms with Crippen molar-refractivity contribution in [1.29, 1.82) is 0 Å². The highest BCUT2D eigenvalue weighted by Crippen LogP contribution is 2.23. The van der Waals surface area contributed by atoms with Crippen LogP contribution in [0.3, 0.4) is 0 Å². The Bertz CT molecular complexity index is 625. The zero-order chi connectivity index (χ0) is 14.0. The first kappa shape index (κ1) is 14.1. The fourth-order valence-corrected chi connectivity index (χ4v) is 2.37. The average molecular weight is 302 g/mol. The van der Waals surface area contributed by atoms with Crippen molar-refractivity contribution in [3.05, 3.63) is 28.2 Å². The Morgan fingerprint density at radius 3 is 2.89 bits per heavy atom. The van der Waals surface area contributed by atoms with Crippen LogP contribution in [0, 0.1) is 6.92 Å². The average Bonchev–Trinajstić information content (AvgIpc) is 2.78. The van der Waals surface area contributed by atoms with Crippen molar-refractivity contribution in [1.82, 2.24) is 14.6 Å². The van der Waals surface area contributed by atoms with Crippen LogP contribution in [-0.4, -0.2) is 33.1 Å². The molecule has 0 spiro atoms. The Balaban J connectivity index is 2.59. The number of carbonyl (C=O) groups excluding carboxylic acids is 1. The van der Waals surface area contributed by atoms with Crippen LogP contribution in [0.2, 0.25) is 5.15 Å². The Kier molecular flexibility index (Phi) is 4.27. The maximum Gasteiger partial charge on any atom is 0.343 e. The Morgan fingerprint density at radius 1 is 1.53 bits per heavy atom. The van der Waals surface area contributed by atoms with Gasteiger partial charge in [0.15, 0.2) is 5.65 Å². The van der Waals surface area contributed by atoms with E-state index in [1.807, 2.05) is 6.92 Å². The second-order valence-corrected chi connectivity index (χ2v) is 4.66. The number of hydrogen-bond acceptors (Lipinski definition) is 4. The molecular weight excluding hydrogens is 289 g/mol. The number of carbonyl (C=O) groups is 1. The second kappa shape index (κ2) is 5.75. The summed E-state index contributed by atoms with van der Waals surface area (Å²) in [7, 11) is 0. The topological polar surface area (TPSA) is 56.5 Å². The monoisotopic (exact) mass is 301 g/mol. The summed E-state index contributed by atoms with van der Waals surface area (Å²) in [5.74, 6) is -0.00899. The third-order valence-corrected chi connectivity index (χ3v) is 3.31. The third-order valence-electron chi connectivity index (χ3n) is 2.73. The number of rotatable bonds is 4. The quantitative estimate of drug-likeness (QED) is 0.495. The first-order chi connectivity index (χ1) is 9.10. The lowest BCUT2D eigenvalue weighted by atomic mass is 10.2. The number of alkyl halides is 1. The number of aromatic nitrogens is 3. The van der Waals surface area contributed by atoms with E-state index in [-0.39, 0.29) is 0 Å². The molecule has 0 N–H and O–H groups in total. The van der Waals surface area contributed by atoms with Gasteiger partial charge in [-0.25, -0.2) is 14.3 Å². The van der Waals surface area contributed by atoms with Crippen molar-refractivity contribution in [2.45, 2.75) is 20.3 Å². The fraction of sp³-hybridized carbons (Fsp3) is 0.417. The van der Waals surface area contributed by atoms with E-state index in [9.17, 15) is 4.79 Å². The largest absolute Gasteiger partial charge is 0.462 e. The molecule has 2 aromatic rings. The molecule has 0 amide bonds. The summed E-state index contributed by atoms with van der Waals surface area (Å²) in [6.07, 6.45) is 2.01. The molecule has 0 unspecified atom stereocenters. The molecule has 0 aliphatic rings. The fourth-order valence-electron chi connectivity index (χ4n) is 1.83. The molecule has 0 aliphatic carbocycles. The third kappa shape index (κ3) is 2.53. The SMILES string of the molecule is CCOC(=O)c1cnn2c(Cl)c(CCCl)c(C)nc12. The molecule has 19 heavy (non-hydrogen) atoms. The van der Waals surface area contributed by atoms with Crippen LogP contribution < -0.4 is 0 Å². The van der Waals surface area contributed by atoms with E-state index in [1.165, 1.54) is 10.7 Å². The van der Waals surface area contributed by atoms with Gasteiger partial charge in [0.1, 0.15) is 10.7 Å². The van der Waals surface area contributed by atoms with Crippen molar-refractivity contribution in [2.24, 2.45) is 0 Å². The van der Waals surface area contributed by atoms with Gasteiger partial charge in [0, 0.05) is 17.1 Å². The van der Waals surface area contributed by atoms with E-state index in [2.05, 4.69) is 10.1 Å². The van der Waals surface area contributed by atoms with Gasteiger partial charge in [0.25, 0.3) is 0 Å². The number of hydrogen-bond donors (Lipinski definition) is 0. The van der Waals surface area contributed by atoms with Crippen LogP contribution >= 0.6 is 23.2 Å². The maximum absolute atomic E-state index is 11.8. The molecule has 0 saturated carbocycles. The molecule has 0 aromatic carbocycles. The van der Waals surface area contributed by atoms with Crippen molar-refractivity contribution in [2.75, 3.05) is 12.5 Å². The Morgan fingerprint density at radius 2 is 2.26 bits per heavy atom. The van der Waals surface area contributed by atoms with Gasteiger partial charge in [-0.05, 0) is 20.3 Å². The number of halogens is 2. The summed E-state index contributed by atoms with van der Waals surface area (Å²) in [4.78, 5) is 16.1. The van der Waals surface area contributed by atoms with E-state index in [0.29, 0.717) is 35.3 Å². The number of fused-ring (bicyclic) bond motifs is 1. The van der Waals surface area contributed by atoms with E-state index < -0.39 is 5.97 Å². The standard InChI is InChI=1S/C12H13Cl2N3O2/c1-3-19-12(18)9-6-15-17-10(14)8(4-5-13)7(2)16-11(9)17/h6H,3-5H2,1-2H3. The molecule has 2 aromatic heterocycles. The minimum Gasteiger partial charge on any atom is -0.462 e. The molecule has 0 aliphatic heterocycles. The number of esters is 1. The molecule has 7 heteroatoms. The van der Waals surface area contributed by atoms with Crippen molar-refractivity contribution < 1.29 is 9.53 Å². The van der Waals surface area contributed by atoms with Gasteiger partial charge in [0.2, 0.25) is 0 Å². The van der Waals surface area contributed by atoms with Crippen LogP contribution in [-0.2, 0) is 11.2 Å². The molecule has 2 heterocycles. The molecular formula is C12H13Cl2N3O2. The molecule has 102 valence electrons. The van der Waals surface area contributed by atoms with E-state index in [4.69, 9.17) is 27.9 Å². The smallest absolute Gasteiger partial charge is 0.343 e. The highest BCUT2D eigenvalue weighted by Gasteiger charge is 2.19. The predicted octanol–water partition coefficient (Wildman–Crippen LogP) is 2.65. The molecule has 0 radical (unpaired) electrons. The lowest BCUT2D eigenvalue weighted by Gasteiger charge is -2.08. The van der Waals surface area contributed by atoms with Gasteiger partial charge in [-0.15, -0.1) is 11.6 Å². The Hall–Kier alpha value is -1.33. The van der Waals surface area contributed by atoms with Crippen LogP contribution in [0.5, 0.6) is 0 Å². The molecule has 5 nitrogen and oxygen atoms in total. The highest BCUT2D eigenvalue weighted by atomic mass is 35.5. The van der Waals surface area contributed by atoms with Crippen LogP contribution in [0.25, 0.3) is 5.65 Å². The van der Waals surface area contributed by atoms with E-state index in [0.717, 1.165) is 11.3 Å². The summed E-state index contributed by atoms with van der Waals surface area (Å²) in [6.45, 7) is 3.87. The molecule has 0 atom stereocenters. The van der Waals surface area contributed by atoms with Gasteiger partial charge in [-0.3, -0.25) is 0 Å². The second-order valence-electron chi connectivity index (χ2n) is 3.92. The minimum atomic E-state index is -0.453. The molecule has 0 saturated heterocycles. The van der Waals surface area contributed by atoms with Crippen molar-refractivity contribution >= 4 is 34.8 Å². The first-order valence-electron chi connectivity index (χ1n) is 5.86. The van der Waals surface area contributed by atoms with Gasteiger partial charge < -0.3 is 4.74 Å². The van der Waals surface area contributed by atoms with Gasteiger partial charge in [0.05, 0.1) is 12.8 Å². The van der Waals surface area contributed by atoms with E-state index >= 15 is 0 Å². The minimum absolute atomic E-state index is 0.299. The summed E-state index contributed by atoms with van der Waals surface area (Å²) >= 11 is 12.0. The zero-order valence-electron chi connectivity index (χ0n) is 10.6. The summed E-state index contributed by atoms with van der Waals surface area (Å²) in [5, 5.41) is 4.51. The molecule has 0 fully saturated rings. The van der Waals surface area contributed by atoms with Crippen molar-refractivity contribution in [3.63, 3.8) is 0 Å². The number of nitrogens with zero attached hydrogens (tertiary/aromatic N) is 3. The van der Waals surface area contributed by atoms with Gasteiger partial charge in [-0.2, -0.15) is 5.10 Å². The summed E-state index contributed by atoms with van der Waals surface area (Å²) in [6, 6.07) is 0. The summed E-state index contributed by atoms with van der Waals surface area (Å²) in [5.41, 5.74) is 2.29. The van der Waals surface area contributed by atoms with Crippen LogP contribution in [0.15, 0.2) is 6.20 Å². The Labute approximate surface area is 120 Å².